The maximum Gasteiger partial charge on any atom is 0.268 e. The number of nitrogens with zero attached hydrogens (tertiary/aromatic N) is 4. The average Bonchev–Trinajstić information content (AvgIpc) is 3.12. The highest BCUT2D eigenvalue weighted by Crippen LogP contribution is 2.40. The van der Waals surface area contributed by atoms with E-state index in [1.54, 1.807) is 19.4 Å². The third-order valence-electron chi connectivity index (χ3n) is 4.17. The van der Waals surface area contributed by atoms with Crippen LogP contribution in [-0.2, 0) is 0 Å². The smallest absolute Gasteiger partial charge is 0.268 e. The van der Waals surface area contributed by atoms with Crippen LogP contribution in [0.4, 0.5) is 5.95 Å². The number of hydrogen-bond acceptors (Lipinski definition) is 8. The van der Waals surface area contributed by atoms with Gasteiger partial charge in [0.15, 0.2) is 11.5 Å². The second kappa shape index (κ2) is 6.75. The molecule has 4 heterocycles. The molecule has 0 saturated carbocycles. The third-order valence-corrected chi connectivity index (χ3v) is 5.10. The molecule has 0 atom stereocenters. The molecule has 25 heavy (non-hydrogen) atoms. The van der Waals surface area contributed by atoms with Gasteiger partial charge in [-0.25, -0.2) is 4.98 Å². The van der Waals surface area contributed by atoms with Gasteiger partial charge in [0.25, 0.3) is 5.91 Å². The number of amides is 1. The third kappa shape index (κ3) is 3.07. The fourth-order valence-corrected chi connectivity index (χ4v) is 3.76. The number of methoxy groups -OCH3 is 1. The van der Waals surface area contributed by atoms with E-state index < -0.39 is 0 Å². The number of thiophene rings is 1. The minimum Gasteiger partial charge on any atom is -0.485 e. The highest BCUT2D eigenvalue weighted by molar-refractivity contribution is 7.12. The zero-order chi connectivity index (χ0) is 17.2. The number of piperazine rings is 1. The zero-order valence-electron chi connectivity index (χ0n) is 13.8. The molecular weight excluding hydrogens is 344 g/mol. The van der Waals surface area contributed by atoms with E-state index in [4.69, 9.17) is 14.2 Å². The summed E-state index contributed by atoms with van der Waals surface area (Å²) in [4.78, 5) is 25.9. The van der Waals surface area contributed by atoms with Crippen LogP contribution in [0.5, 0.6) is 17.4 Å². The Labute approximate surface area is 148 Å². The molecule has 2 aromatic rings. The van der Waals surface area contributed by atoms with Gasteiger partial charge in [0.1, 0.15) is 18.1 Å². The van der Waals surface area contributed by atoms with E-state index >= 15 is 0 Å². The summed E-state index contributed by atoms with van der Waals surface area (Å²) >= 11 is 1.37. The summed E-state index contributed by atoms with van der Waals surface area (Å²) in [6.07, 6.45) is 1.67. The van der Waals surface area contributed by atoms with Crippen LogP contribution in [0, 0.1) is 0 Å². The normalized spacial score (nSPS) is 16.7. The Balaban J connectivity index is 1.43. The van der Waals surface area contributed by atoms with Crippen LogP contribution in [0.2, 0.25) is 0 Å². The van der Waals surface area contributed by atoms with Crippen molar-refractivity contribution < 1.29 is 19.0 Å². The van der Waals surface area contributed by atoms with Crippen LogP contribution in [0.15, 0.2) is 17.6 Å². The first kappa shape index (κ1) is 15.9. The first-order valence-corrected chi connectivity index (χ1v) is 8.92. The Kier molecular flexibility index (Phi) is 4.31. The molecule has 8 nitrogen and oxygen atoms in total. The molecule has 2 aliphatic rings. The summed E-state index contributed by atoms with van der Waals surface area (Å²) in [7, 11) is 1.58. The van der Waals surface area contributed by atoms with Gasteiger partial charge in [0.05, 0.1) is 7.11 Å². The van der Waals surface area contributed by atoms with Crippen molar-refractivity contribution in [2.75, 3.05) is 51.4 Å². The first-order chi connectivity index (χ1) is 12.3. The summed E-state index contributed by atoms with van der Waals surface area (Å²) in [5, 5.41) is 1.84. The van der Waals surface area contributed by atoms with E-state index in [0.29, 0.717) is 67.6 Å². The second-order valence-corrected chi connectivity index (χ2v) is 6.51. The number of anilines is 1. The number of hydrogen-bond donors (Lipinski definition) is 0. The summed E-state index contributed by atoms with van der Waals surface area (Å²) in [6, 6.07) is 1.71. The molecule has 0 aromatic carbocycles. The van der Waals surface area contributed by atoms with E-state index in [-0.39, 0.29) is 5.91 Å². The maximum atomic E-state index is 12.8. The molecule has 9 heteroatoms. The lowest BCUT2D eigenvalue weighted by molar-refractivity contribution is 0.0742. The molecule has 0 bridgehead atoms. The second-order valence-electron chi connectivity index (χ2n) is 5.63. The van der Waals surface area contributed by atoms with Gasteiger partial charge in [-0.1, -0.05) is 0 Å². The molecule has 0 aliphatic carbocycles. The van der Waals surface area contributed by atoms with Gasteiger partial charge in [-0.2, -0.15) is 4.98 Å². The molecule has 0 spiro atoms. The number of aromatic nitrogens is 2. The first-order valence-electron chi connectivity index (χ1n) is 8.04. The van der Waals surface area contributed by atoms with Gasteiger partial charge in [0.2, 0.25) is 11.8 Å². The minimum atomic E-state index is -0.0111. The van der Waals surface area contributed by atoms with Crippen molar-refractivity contribution in [2.45, 2.75) is 0 Å². The van der Waals surface area contributed by atoms with E-state index in [1.807, 2.05) is 10.3 Å². The zero-order valence-corrected chi connectivity index (χ0v) is 14.6. The summed E-state index contributed by atoms with van der Waals surface area (Å²) in [5.74, 6) is 2.40. The quantitative estimate of drug-likeness (QED) is 0.814. The topological polar surface area (TPSA) is 77.0 Å². The highest BCUT2D eigenvalue weighted by atomic mass is 32.1. The Morgan fingerprint density at radius 3 is 2.84 bits per heavy atom. The predicted octanol–water partition coefficient (Wildman–Crippen LogP) is 1.28. The molecule has 1 fully saturated rings. The van der Waals surface area contributed by atoms with Crippen LogP contribution in [0.3, 0.4) is 0 Å². The largest absolute Gasteiger partial charge is 0.485 e. The van der Waals surface area contributed by atoms with E-state index in [0.717, 1.165) is 0 Å². The van der Waals surface area contributed by atoms with Crippen molar-refractivity contribution in [1.82, 2.24) is 14.9 Å². The fourth-order valence-electron chi connectivity index (χ4n) is 2.86. The van der Waals surface area contributed by atoms with E-state index in [2.05, 4.69) is 14.9 Å². The molecule has 2 aliphatic heterocycles. The van der Waals surface area contributed by atoms with Gasteiger partial charge in [-0.3, -0.25) is 4.79 Å². The molecular formula is C16H18N4O4S. The van der Waals surface area contributed by atoms with Crippen LogP contribution in [0.25, 0.3) is 0 Å². The standard InChI is InChI=1S/C16H18N4O4S/c1-22-12-2-3-17-16(18-12)20-6-4-19(5-7-20)15(21)14-13-11(10-25-14)23-8-9-24-13/h2-3,10H,4-9H2,1H3. The minimum absolute atomic E-state index is 0.0111. The summed E-state index contributed by atoms with van der Waals surface area (Å²) in [5.41, 5.74) is 0. The molecule has 0 unspecified atom stereocenters. The summed E-state index contributed by atoms with van der Waals surface area (Å²) < 4.78 is 16.3. The summed E-state index contributed by atoms with van der Waals surface area (Å²) in [6.45, 7) is 3.55. The molecule has 0 N–H and O–H groups in total. The molecule has 132 valence electrons. The lowest BCUT2D eigenvalue weighted by Gasteiger charge is -2.34. The Hall–Kier alpha value is -2.55. The van der Waals surface area contributed by atoms with Crippen molar-refractivity contribution in [3.63, 3.8) is 0 Å². The molecule has 0 radical (unpaired) electrons. The van der Waals surface area contributed by atoms with E-state index in [9.17, 15) is 4.79 Å². The molecule has 4 rings (SSSR count). The number of ether oxygens (including phenoxy) is 3. The molecule has 1 saturated heterocycles. The van der Waals surface area contributed by atoms with Gasteiger partial charge in [-0.15, -0.1) is 11.3 Å². The Bertz CT molecular complexity index is 773. The SMILES string of the molecule is COc1ccnc(N2CCN(C(=O)c3scc4c3OCCO4)CC2)n1. The van der Waals surface area contributed by atoms with E-state index in [1.165, 1.54) is 11.3 Å². The predicted molar refractivity (Wildman–Crippen MR) is 92.0 cm³/mol. The number of carbonyl (C=O) groups is 1. The van der Waals surface area contributed by atoms with Gasteiger partial charge in [0, 0.05) is 43.8 Å². The average molecular weight is 362 g/mol. The molecule has 1 amide bonds. The van der Waals surface area contributed by atoms with Crippen molar-refractivity contribution in [1.29, 1.82) is 0 Å². The van der Waals surface area contributed by atoms with Gasteiger partial charge < -0.3 is 24.0 Å². The number of fused-ring (bicyclic) bond motifs is 1. The van der Waals surface area contributed by atoms with Gasteiger partial charge in [-0.05, 0) is 0 Å². The Morgan fingerprint density at radius 1 is 1.24 bits per heavy atom. The number of rotatable bonds is 3. The van der Waals surface area contributed by atoms with Crippen molar-refractivity contribution in [2.24, 2.45) is 0 Å². The lowest BCUT2D eigenvalue weighted by atomic mass is 10.3. The van der Waals surface area contributed by atoms with Crippen molar-refractivity contribution in [3.05, 3.63) is 22.5 Å². The van der Waals surface area contributed by atoms with Crippen molar-refractivity contribution >= 4 is 23.2 Å². The maximum absolute atomic E-state index is 12.8. The Morgan fingerprint density at radius 2 is 2.04 bits per heavy atom. The fraction of sp³-hybridized carbons (Fsp3) is 0.438. The van der Waals surface area contributed by atoms with Gasteiger partial charge >= 0.3 is 0 Å². The van der Waals surface area contributed by atoms with Crippen LogP contribution >= 0.6 is 11.3 Å². The highest BCUT2D eigenvalue weighted by Gasteiger charge is 2.29. The van der Waals surface area contributed by atoms with Crippen LogP contribution in [-0.4, -0.2) is 67.3 Å². The lowest BCUT2D eigenvalue weighted by Crippen LogP contribution is -2.49. The van der Waals surface area contributed by atoms with Crippen LogP contribution in [0.1, 0.15) is 9.67 Å². The van der Waals surface area contributed by atoms with Crippen LogP contribution < -0.4 is 19.1 Å². The van der Waals surface area contributed by atoms with Crippen molar-refractivity contribution in [3.8, 4) is 17.4 Å². The molecule has 2 aromatic heterocycles. The monoisotopic (exact) mass is 362 g/mol. The number of carbonyl (C=O) groups excluding carboxylic acids is 1.